The summed E-state index contributed by atoms with van der Waals surface area (Å²) in [5, 5.41) is 9.60. The summed E-state index contributed by atoms with van der Waals surface area (Å²) in [5.74, 6) is 2.86. The largest absolute Gasteiger partial charge is 0.423 e. The van der Waals surface area contributed by atoms with Crippen LogP contribution in [0.1, 0.15) is 53.8 Å². The van der Waals surface area contributed by atoms with Crippen molar-refractivity contribution in [1.82, 2.24) is 4.98 Å². The number of benzene rings is 2. The molecule has 0 amide bonds. The van der Waals surface area contributed by atoms with Crippen LogP contribution in [0.4, 0.5) is 5.88 Å². The molecule has 29 heavy (non-hydrogen) atoms. The third-order valence-electron chi connectivity index (χ3n) is 6.34. The molecule has 1 aromatic heterocycles. The lowest BCUT2D eigenvalue weighted by Gasteiger charge is -2.31. The Morgan fingerprint density at radius 2 is 1.66 bits per heavy atom. The molecule has 2 atom stereocenters. The van der Waals surface area contributed by atoms with Gasteiger partial charge in [-0.15, -0.1) is 0 Å². The zero-order chi connectivity index (χ0) is 19.6. The molecule has 2 aromatic carbocycles. The van der Waals surface area contributed by atoms with Gasteiger partial charge in [0.05, 0.1) is 0 Å². The minimum Gasteiger partial charge on any atom is -0.423 e. The van der Waals surface area contributed by atoms with Gasteiger partial charge in [-0.2, -0.15) is 5.26 Å². The van der Waals surface area contributed by atoms with E-state index in [1.54, 1.807) is 0 Å². The number of oxazole rings is 1. The summed E-state index contributed by atoms with van der Waals surface area (Å²) in [6.07, 6.45) is 4.41. The van der Waals surface area contributed by atoms with Gasteiger partial charge in [0, 0.05) is 19.0 Å². The van der Waals surface area contributed by atoms with Gasteiger partial charge in [-0.05, 0) is 48.6 Å². The van der Waals surface area contributed by atoms with E-state index in [9.17, 15) is 5.26 Å². The highest BCUT2D eigenvalue weighted by Gasteiger charge is 2.44. The summed E-state index contributed by atoms with van der Waals surface area (Å²) < 4.78 is 6.17. The van der Waals surface area contributed by atoms with Gasteiger partial charge in [0.2, 0.25) is 17.5 Å². The van der Waals surface area contributed by atoms with Gasteiger partial charge < -0.3 is 9.32 Å². The van der Waals surface area contributed by atoms with Gasteiger partial charge in [0.25, 0.3) is 0 Å². The maximum absolute atomic E-state index is 9.60. The van der Waals surface area contributed by atoms with Crippen molar-refractivity contribution in [2.45, 2.75) is 37.5 Å². The highest BCUT2D eigenvalue weighted by Crippen LogP contribution is 2.54. The van der Waals surface area contributed by atoms with Crippen LogP contribution in [0.15, 0.2) is 65.1 Å². The third kappa shape index (κ3) is 3.78. The zero-order valence-corrected chi connectivity index (χ0v) is 16.5. The monoisotopic (exact) mass is 383 g/mol. The van der Waals surface area contributed by atoms with Crippen LogP contribution in [-0.4, -0.2) is 18.1 Å². The van der Waals surface area contributed by atoms with Crippen LogP contribution >= 0.6 is 0 Å². The molecule has 0 unspecified atom stereocenters. The first-order valence-electron chi connectivity index (χ1n) is 10.6. The predicted octanol–water partition coefficient (Wildman–Crippen LogP) is 5.28. The Morgan fingerprint density at radius 1 is 0.966 bits per heavy atom. The van der Waals surface area contributed by atoms with E-state index < -0.39 is 0 Å². The maximum atomic E-state index is 9.60. The van der Waals surface area contributed by atoms with E-state index in [4.69, 9.17) is 4.42 Å². The molecule has 0 N–H and O–H groups in total. The van der Waals surface area contributed by atoms with Gasteiger partial charge in [-0.25, -0.2) is 4.98 Å². The number of aromatic nitrogens is 1. The minimum absolute atomic E-state index is 0.300. The molecule has 1 saturated carbocycles. The number of rotatable bonds is 5. The van der Waals surface area contributed by atoms with Crippen LogP contribution in [0.2, 0.25) is 0 Å². The summed E-state index contributed by atoms with van der Waals surface area (Å²) in [4.78, 5) is 6.78. The molecule has 2 heterocycles. The number of anilines is 1. The molecule has 3 aromatic rings. The van der Waals surface area contributed by atoms with E-state index >= 15 is 0 Å². The van der Waals surface area contributed by atoms with Crippen molar-refractivity contribution in [2.24, 2.45) is 5.92 Å². The van der Waals surface area contributed by atoms with E-state index in [0.29, 0.717) is 29.3 Å². The average molecular weight is 383 g/mol. The minimum atomic E-state index is 0.300. The van der Waals surface area contributed by atoms with Crippen LogP contribution in [0.25, 0.3) is 0 Å². The van der Waals surface area contributed by atoms with E-state index in [-0.39, 0.29) is 0 Å². The van der Waals surface area contributed by atoms with Crippen molar-refractivity contribution in [3.63, 3.8) is 0 Å². The second-order valence-corrected chi connectivity index (χ2v) is 8.30. The first-order chi connectivity index (χ1) is 14.3. The molecule has 0 bridgehead atoms. The highest BCUT2D eigenvalue weighted by atomic mass is 16.4. The Balaban J connectivity index is 1.25. The molecule has 4 heteroatoms. The number of hydrogen-bond acceptors (Lipinski definition) is 4. The third-order valence-corrected chi connectivity index (χ3v) is 6.34. The van der Waals surface area contributed by atoms with Crippen molar-refractivity contribution >= 4 is 5.88 Å². The Kier molecular flexibility index (Phi) is 4.81. The van der Waals surface area contributed by atoms with Crippen LogP contribution in [0.5, 0.6) is 0 Å². The molecular formula is C25H25N3O. The predicted molar refractivity (Wildman–Crippen MR) is 113 cm³/mol. The van der Waals surface area contributed by atoms with Gasteiger partial charge in [0.15, 0.2) is 0 Å². The van der Waals surface area contributed by atoms with Crippen molar-refractivity contribution in [2.75, 3.05) is 18.0 Å². The van der Waals surface area contributed by atoms with E-state index in [1.165, 1.54) is 11.1 Å². The summed E-state index contributed by atoms with van der Waals surface area (Å²) in [7, 11) is 0. The SMILES string of the molecule is N#Cc1nc([C@H]2C[C@H]2c2ccccc2)oc1N1CCC(Cc2ccccc2)CC1. The quantitative estimate of drug-likeness (QED) is 0.602. The molecule has 1 aliphatic carbocycles. The smallest absolute Gasteiger partial charge is 0.234 e. The molecule has 0 spiro atoms. The van der Waals surface area contributed by atoms with Crippen LogP contribution in [0.3, 0.4) is 0 Å². The fourth-order valence-corrected chi connectivity index (χ4v) is 4.60. The second kappa shape index (κ2) is 7.75. The summed E-state index contributed by atoms with van der Waals surface area (Å²) in [6, 6.07) is 23.5. The fraction of sp³-hybridized carbons (Fsp3) is 0.360. The number of nitrogens with zero attached hydrogens (tertiary/aromatic N) is 3. The number of hydrogen-bond donors (Lipinski definition) is 0. The van der Waals surface area contributed by atoms with E-state index in [0.717, 1.165) is 44.7 Å². The Bertz CT molecular complexity index is 998. The molecule has 146 valence electrons. The van der Waals surface area contributed by atoms with Crippen LogP contribution < -0.4 is 4.90 Å². The standard InChI is InChI=1S/C25H25N3O/c26-17-23-25(28-13-11-19(12-14-28)15-18-7-3-1-4-8-18)29-24(27-23)22-16-21(22)20-9-5-2-6-10-20/h1-10,19,21-22H,11-16H2/t21-,22-/m0/s1. The summed E-state index contributed by atoms with van der Waals surface area (Å²) >= 11 is 0. The molecule has 0 radical (unpaired) electrons. The highest BCUT2D eigenvalue weighted by molar-refractivity contribution is 5.49. The van der Waals surface area contributed by atoms with Crippen LogP contribution in [-0.2, 0) is 6.42 Å². The van der Waals surface area contributed by atoms with Gasteiger partial charge in [-0.1, -0.05) is 60.7 Å². The summed E-state index contributed by atoms with van der Waals surface area (Å²) in [6.45, 7) is 1.85. The van der Waals surface area contributed by atoms with E-state index in [1.807, 2.05) is 6.07 Å². The first-order valence-corrected chi connectivity index (χ1v) is 10.6. The fourth-order valence-electron chi connectivity index (χ4n) is 4.60. The average Bonchev–Trinajstić information content (AvgIpc) is 3.47. The molecular weight excluding hydrogens is 358 g/mol. The van der Waals surface area contributed by atoms with Crippen molar-refractivity contribution < 1.29 is 4.42 Å². The topological polar surface area (TPSA) is 53.1 Å². The number of piperidine rings is 1. The normalized spacial score (nSPS) is 21.7. The van der Waals surface area contributed by atoms with Crippen molar-refractivity contribution in [3.8, 4) is 6.07 Å². The molecule has 1 saturated heterocycles. The van der Waals surface area contributed by atoms with E-state index in [2.05, 4.69) is 70.6 Å². The van der Waals surface area contributed by atoms with Gasteiger partial charge in [0.1, 0.15) is 6.07 Å². The Labute approximate surface area is 171 Å². The molecule has 4 nitrogen and oxygen atoms in total. The van der Waals surface area contributed by atoms with Gasteiger partial charge in [-0.3, -0.25) is 0 Å². The van der Waals surface area contributed by atoms with Crippen molar-refractivity contribution in [1.29, 1.82) is 5.26 Å². The maximum Gasteiger partial charge on any atom is 0.234 e. The van der Waals surface area contributed by atoms with Gasteiger partial charge >= 0.3 is 0 Å². The van der Waals surface area contributed by atoms with Crippen LogP contribution in [0, 0.1) is 17.2 Å². The van der Waals surface area contributed by atoms with Crippen molar-refractivity contribution in [3.05, 3.63) is 83.4 Å². The molecule has 2 aliphatic rings. The Hall–Kier alpha value is -3.06. The first kappa shape index (κ1) is 18.0. The second-order valence-electron chi connectivity index (χ2n) is 8.30. The molecule has 2 fully saturated rings. The Morgan fingerprint density at radius 3 is 2.34 bits per heavy atom. The zero-order valence-electron chi connectivity index (χ0n) is 16.5. The number of nitriles is 1. The summed E-state index contributed by atoms with van der Waals surface area (Å²) in [5.41, 5.74) is 3.18. The lowest BCUT2D eigenvalue weighted by atomic mass is 9.90. The lowest BCUT2D eigenvalue weighted by Crippen LogP contribution is -2.34. The lowest BCUT2D eigenvalue weighted by molar-refractivity contribution is 0.383. The molecule has 1 aliphatic heterocycles. The molecule has 5 rings (SSSR count).